The maximum absolute atomic E-state index is 13.3. The van der Waals surface area contributed by atoms with Crippen molar-refractivity contribution in [3.63, 3.8) is 0 Å². The minimum atomic E-state index is -0.721. The number of benzene rings is 1. The van der Waals surface area contributed by atoms with E-state index >= 15 is 0 Å². The monoisotopic (exact) mass is 383 g/mol. The van der Waals surface area contributed by atoms with Gasteiger partial charge in [0.25, 0.3) is 0 Å². The molecular formula is C14H11BrFN3O4. The molecule has 0 radical (unpaired) electrons. The Labute approximate surface area is 138 Å². The van der Waals surface area contributed by atoms with Crippen LogP contribution in [0.5, 0.6) is 0 Å². The first-order valence-electron chi connectivity index (χ1n) is 6.32. The van der Waals surface area contributed by atoms with E-state index in [0.717, 1.165) is 6.07 Å². The maximum Gasteiger partial charge on any atom is 0.339 e. The third-order valence-electron chi connectivity index (χ3n) is 2.87. The Morgan fingerprint density at radius 2 is 2.17 bits per heavy atom. The van der Waals surface area contributed by atoms with Crippen molar-refractivity contribution >= 4 is 33.4 Å². The van der Waals surface area contributed by atoms with Gasteiger partial charge < -0.3 is 10.1 Å². The highest BCUT2D eigenvalue weighted by atomic mass is 79.9. The second kappa shape index (κ2) is 7.14. The van der Waals surface area contributed by atoms with Crippen LogP contribution in [0.3, 0.4) is 0 Å². The standard InChI is InChI=1S/C14H11BrFN3O4/c1-23-14(20)9-4-12(19(21)22)13(18-7-9)17-6-8-2-10(15)5-11(16)3-8/h2-5,7H,6H2,1H3,(H,17,18). The van der Waals surface area contributed by atoms with Gasteiger partial charge in [0.15, 0.2) is 0 Å². The Bertz CT molecular complexity index is 749. The van der Waals surface area contributed by atoms with Crippen LogP contribution < -0.4 is 5.32 Å². The van der Waals surface area contributed by atoms with Crippen molar-refractivity contribution in [2.75, 3.05) is 12.4 Å². The number of ether oxygens (including phenoxy) is 1. The molecule has 1 heterocycles. The summed E-state index contributed by atoms with van der Waals surface area (Å²) in [4.78, 5) is 25.7. The van der Waals surface area contributed by atoms with E-state index in [1.54, 1.807) is 6.07 Å². The average molecular weight is 384 g/mol. The summed E-state index contributed by atoms with van der Waals surface area (Å²) in [5.41, 5.74) is 0.173. The summed E-state index contributed by atoms with van der Waals surface area (Å²) in [7, 11) is 1.17. The highest BCUT2D eigenvalue weighted by Gasteiger charge is 2.19. The Hall–Kier alpha value is -2.55. The zero-order valence-electron chi connectivity index (χ0n) is 11.9. The van der Waals surface area contributed by atoms with Crippen LogP contribution in [0.1, 0.15) is 15.9 Å². The van der Waals surface area contributed by atoms with Crippen molar-refractivity contribution in [1.82, 2.24) is 4.98 Å². The Morgan fingerprint density at radius 3 is 2.78 bits per heavy atom. The molecule has 0 unspecified atom stereocenters. The normalized spacial score (nSPS) is 10.2. The zero-order valence-corrected chi connectivity index (χ0v) is 13.5. The van der Waals surface area contributed by atoms with E-state index in [4.69, 9.17) is 0 Å². The Kier molecular flexibility index (Phi) is 5.22. The molecule has 0 bridgehead atoms. The molecule has 0 aliphatic rings. The first-order valence-corrected chi connectivity index (χ1v) is 7.11. The third-order valence-corrected chi connectivity index (χ3v) is 3.33. The van der Waals surface area contributed by atoms with Gasteiger partial charge in [-0.3, -0.25) is 10.1 Å². The van der Waals surface area contributed by atoms with Gasteiger partial charge in [-0.25, -0.2) is 14.2 Å². The molecule has 0 amide bonds. The number of hydrogen-bond acceptors (Lipinski definition) is 6. The van der Waals surface area contributed by atoms with Crippen LogP contribution in [0, 0.1) is 15.9 Å². The minimum Gasteiger partial charge on any atom is -0.465 e. The molecule has 9 heteroatoms. The van der Waals surface area contributed by atoms with E-state index in [9.17, 15) is 19.3 Å². The van der Waals surface area contributed by atoms with Crippen molar-refractivity contribution in [2.24, 2.45) is 0 Å². The number of nitrogens with one attached hydrogen (secondary N) is 1. The highest BCUT2D eigenvalue weighted by Crippen LogP contribution is 2.24. The number of rotatable bonds is 5. The second-order valence-corrected chi connectivity index (χ2v) is 5.39. The predicted molar refractivity (Wildman–Crippen MR) is 83.7 cm³/mol. The van der Waals surface area contributed by atoms with Crippen molar-refractivity contribution in [1.29, 1.82) is 0 Å². The van der Waals surface area contributed by atoms with Crippen molar-refractivity contribution in [2.45, 2.75) is 6.54 Å². The molecule has 120 valence electrons. The number of methoxy groups -OCH3 is 1. The lowest BCUT2D eigenvalue weighted by molar-refractivity contribution is -0.384. The van der Waals surface area contributed by atoms with Gasteiger partial charge in [-0.2, -0.15) is 0 Å². The molecule has 0 fully saturated rings. The van der Waals surface area contributed by atoms with E-state index in [2.05, 4.69) is 31.0 Å². The van der Waals surface area contributed by atoms with Gasteiger partial charge in [-0.15, -0.1) is 0 Å². The number of aromatic nitrogens is 1. The van der Waals surface area contributed by atoms with E-state index in [0.29, 0.717) is 10.0 Å². The molecule has 2 aromatic rings. The number of anilines is 1. The van der Waals surface area contributed by atoms with Crippen LogP contribution in [0.25, 0.3) is 0 Å². The maximum atomic E-state index is 13.3. The summed E-state index contributed by atoms with van der Waals surface area (Å²) in [6, 6.07) is 5.34. The SMILES string of the molecule is COC(=O)c1cnc(NCc2cc(F)cc(Br)c2)c([N+](=O)[O-])c1. The minimum absolute atomic E-state index is 0.0250. The predicted octanol–water partition coefficient (Wildman–Crippen LogP) is 3.29. The molecule has 0 atom stereocenters. The summed E-state index contributed by atoms with van der Waals surface area (Å²) in [6.45, 7) is 0.127. The first-order chi connectivity index (χ1) is 10.9. The number of nitro groups is 1. The lowest BCUT2D eigenvalue weighted by atomic mass is 10.2. The summed E-state index contributed by atoms with van der Waals surface area (Å²) in [6.07, 6.45) is 1.17. The van der Waals surface area contributed by atoms with E-state index in [1.165, 1.54) is 25.4 Å². The average Bonchev–Trinajstić information content (AvgIpc) is 2.51. The van der Waals surface area contributed by atoms with Crippen molar-refractivity contribution in [3.05, 3.63) is 62.0 Å². The number of nitrogens with zero attached hydrogens (tertiary/aromatic N) is 2. The summed E-state index contributed by atoms with van der Waals surface area (Å²) in [5.74, 6) is -1.18. The Balaban J connectivity index is 2.25. The summed E-state index contributed by atoms with van der Waals surface area (Å²) in [5, 5.41) is 13.9. The van der Waals surface area contributed by atoms with Crippen molar-refractivity contribution < 1.29 is 18.8 Å². The van der Waals surface area contributed by atoms with Crippen molar-refractivity contribution in [3.8, 4) is 0 Å². The molecule has 23 heavy (non-hydrogen) atoms. The van der Waals surface area contributed by atoms with Gasteiger partial charge in [0.1, 0.15) is 5.82 Å². The van der Waals surface area contributed by atoms with E-state index < -0.39 is 16.7 Å². The molecule has 0 aliphatic heterocycles. The second-order valence-electron chi connectivity index (χ2n) is 4.47. The fraction of sp³-hybridized carbons (Fsp3) is 0.143. The molecule has 0 saturated heterocycles. The van der Waals surface area contributed by atoms with Gasteiger partial charge in [-0.1, -0.05) is 15.9 Å². The van der Waals surface area contributed by atoms with Gasteiger partial charge in [0.05, 0.1) is 17.6 Å². The number of pyridine rings is 1. The molecule has 0 saturated carbocycles. The van der Waals surface area contributed by atoms with Crippen LogP contribution in [-0.4, -0.2) is 23.0 Å². The molecule has 1 aromatic carbocycles. The first kappa shape index (κ1) is 16.8. The largest absolute Gasteiger partial charge is 0.465 e. The Morgan fingerprint density at radius 1 is 1.43 bits per heavy atom. The number of carbonyl (C=O) groups excluding carboxylic acids is 1. The fourth-order valence-corrected chi connectivity index (χ4v) is 2.37. The van der Waals surface area contributed by atoms with Crippen LogP contribution in [0.4, 0.5) is 15.9 Å². The lowest BCUT2D eigenvalue weighted by Gasteiger charge is -2.08. The van der Waals surface area contributed by atoms with Gasteiger partial charge in [0.2, 0.25) is 5.82 Å². The van der Waals surface area contributed by atoms with E-state index in [-0.39, 0.29) is 23.6 Å². The topological polar surface area (TPSA) is 94.4 Å². The quantitative estimate of drug-likeness (QED) is 0.483. The number of halogens is 2. The van der Waals surface area contributed by atoms with Gasteiger partial charge in [-0.05, 0) is 23.8 Å². The summed E-state index contributed by atoms with van der Waals surface area (Å²) < 4.78 is 18.4. The molecular weight excluding hydrogens is 373 g/mol. The lowest BCUT2D eigenvalue weighted by Crippen LogP contribution is -2.08. The smallest absolute Gasteiger partial charge is 0.339 e. The number of hydrogen-bond donors (Lipinski definition) is 1. The third kappa shape index (κ3) is 4.22. The molecule has 0 aliphatic carbocycles. The summed E-state index contributed by atoms with van der Waals surface area (Å²) >= 11 is 3.17. The highest BCUT2D eigenvalue weighted by molar-refractivity contribution is 9.10. The zero-order chi connectivity index (χ0) is 17.0. The number of esters is 1. The van der Waals surface area contributed by atoms with E-state index in [1.807, 2.05) is 0 Å². The molecule has 7 nitrogen and oxygen atoms in total. The van der Waals surface area contributed by atoms with Gasteiger partial charge in [0, 0.05) is 23.3 Å². The van der Waals surface area contributed by atoms with Crippen LogP contribution >= 0.6 is 15.9 Å². The molecule has 2 rings (SSSR count). The molecule has 1 N–H and O–H groups in total. The fourth-order valence-electron chi connectivity index (χ4n) is 1.86. The molecule has 1 aromatic heterocycles. The molecule has 0 spiro atoms. The number of carbonyl (C=O) groups is 1. The van der Waals surface area contributed by atoms with Crippen LogP contribution in [0.2, 0.25) is 0 Å². The van der Waals surface area contributed by atoms with Crippen LogP contribution in [-0.2, 0) is 11.3 Å². The van der Waals surface area contributed by atoms with Crippen LogP contribution in [0.15, 0.2) is 34.9 Å². The van der Waals surface area contributed by atoms with Gasteiger partial charge >= 0.3 is 11.7 Å².